The maximum Gasteiger partial charge on any atom is 0.161 e. The fourth-order valence-electron chi connectivity index (χ4n) is 4.81. The minimum absolute atomic E-state index is 0.0630. The van der Waals surface area contributed by atoms with E-state index in [1.807, 2.05) is 6.07 Å². The van der Waals surface area contributed by atoms with E-state index in [1.54, 1.807) is 21.3 Å². The predicted octanol–water partition coefficient (Wildman–Crippen LogP) is 4.15. The van der Waals surface area contributed by atoms with Gasteiger partial charge in [-0.25, -0.2) is 0 Å². The van der Waals surface area contributed by atoms with Crippen LogP contribution in [0.4, 0.5) is 0 Å². The molecule has 3 rings (SSSR count). The Kier molecular flexibility index (Phi) is 8.22. The maximum atomic E-state index is 6.00. The molecule has 0 spiro atoms. The van der Waals surface area contributed by atoms with E-state index in [0.717, 1.165) is 56.2 Å². The number of ether oxygens (including phenoxy) is 4. The first-order chi connectivity index (χ1) is 15.0. The maximum absolute atomic E-state index is 6.00. The summed E-state index contributed by atoms with van der Waals surface area (Å²) in [7, 11) is 5.12. The van der Waals surface area contributed by atoms with Crippen LogP contribution in [0.15, 0.2) is 42.5 Å². The van der Waals surface area contributed by atoms with Gasteiger partial charge in [-0.05, 0) is 68.4 Å². The van der Waals surface area contributed by atoms with Crippen molar-refractivity contribution in [2.24, 2.45) is 5.92 Å². The van der Waals surface area contributed by atoms with Crippen LogP contribution in [-0.2, 0) is 11.3 Å². The summed E-state index contributed by atoms with van der Waals surface area (Å²) in [6.45, 7) is 7.22. The third-order valence-electron chi connectivity index (χ3n) is 6.35. The zero-order chi connectivity index (χ0) is 22.3. The summed E-state index contributed by atoms with van der Waals surface area (Å²) in [5, 5.41) is 2.38. The summed E-state index contributed by atoms with van der Waals surface area (Å²) in [4.78, 5) is 0. The zero-order valence-electron chi connectivity index (χ0n) is 19.6. The normalized spacial score (nSPS) is 18.9. The number of rotatable bonds is 10. The molecule has 0 amide bonds. The number of hydrogen-bond donors (Lipinski definition) is 1. The fraction of sp³-hybridized carbons (Fsp3) is 0.538. The molecule has 1 heterocycles. The van der Waals surface area contributed by atoms with Crippen molar-refractivity contribution in [1.29, 1.82) is 0 Å². The second-order valence-corrected chi connectivity index (χ2v) is 8.97. The van der Waals surface area contributed by atoms with Gasteiger partial charge in [0, 0.05) is 18.6 Å². The molecular weight excluding hydrogens is 390 g/mol. The van der Waals surface area contributed by atoms with Crippen LogP contribution in [0.5, 0.6) is 17.2 Å². The molecule has 170 valence electrons. The van der Waals surface area contributed by atoms with Crippen molar-refractivity contribution in [3.8, 4) is 17.2 Å². The van der Waals surface area contributed by atoms with E-state index in [1.165, 1.54) is 11.1 Å². The minimum Gasteiger partial charge on any atom is -0.496 e. The Morgan fingerprint density at radius 2 is 1.74 bits per heavy atom. The quantitative estimate of drug-likeness (QED) is 0.578. The van der Waals surface area contributed by atoms with Crippen molar-refractivity contribution in [2.45, 2.75) is 51.2 Å². The second kappa shape index (κ2) is 10.9. The first-order valence-corrected chi connectivity index (χ1v) is 11.3. The van der Waals surface area contributed by atoms with Crippen molar-refractivity contribution in [3.05, 3.63) is 53.6 Å². The van der Waals surface area contributed by atoms with E-state index in [2.05, 4.69) is 55.6 Å². The van der Waals surface area contributed by atoms with Gasteiger partial charge in [-0.3, -0.25) is 0 Å². The lowest BCUT2D eigenvalue weighted by Crippen LogP contribution is -2.82. The van der Waals surface area contributed by atoms with E-state index in [4.69, 9.17) is 18.9 Å². The number of quaternary nitrogens is 1. The summed E-state index contributed by atoms with van der Waals surface area (Å²) in [5.74, 6) is 3.60. The summed E-state index contributed by atoms with van der Waals surface area (Å²) in [6, 6.07) is 14.6. The molecule has 31 heavy (non-hydrogen) atoms. The molecule has 5 nitrogen and oxygen atoms in total. The molecule has 0 saturated carbocycles. The lowest BCUT2D eigenvalue weighted by molar-refractivity contribution is -0.671. The van der Waals surface area contributed by atoms with Gasteiger partial charge in [0.2, 0.25) is 0 Å². The monoisotopic (exact) mass is 428 g/mol. The Bertz CT molecular complexity index is 836. The summed E-state index contributed by atoms with van der Waals surface area (Å²) >= 11 is 0. The molecule has 1 saturated heterocycles. The zero-order valence-corrected chi connectivity index (χ0v) is 19.6. The molecule has 1 fully saturated rings. The Morgan fingerprint density at radius 1 is 1.00 bits per heavy atom. The topological polar surface area (TPSA) is 53.5 Å². The summed E-state index contributed by atoms with van der Waals surface area (Å²) < 4.78 is 22.5. The highest BCUT2D eigenvalue weighted by Crippen LogP contribution is 2.42. The summed E-state index contributed by atoms with van der Waals surface area (Å²) in [6.07, 6.45) is 3.28. The lowest BCUT2D eigenvalue weighted by atomic mass is 9.75. The number of para-hydroxylation sites is 1. The van der Waals surface area contributed by atoms with Crippen molar-refractivity contribution in [2.75, 3.05) is 34.5 Å². The number of benzene rings is 2. The number of hydrogen-bond acceptors (Lipinski definition) is 4. The van der Waals surface area contributed by atoms with Crippen LogP contribution in [0.1, 0.15) is 50.2 Å². The molecule has 0 aromatic heterocycles. The van der Waals surface area contributed by atoms with Crippen LogP contribution in [-0.4, -0.2) is 40.1 Å². The van der Waals surface area contributed by atoms with Crippen LogP contribution >= 0.6 is 0 Å². The smallest absolute Gasteiger partial charge is 0.161 e. The van der Waals surface area contributed by atoms with E-state index < -0.39 is 0 Å². The third kappa shape index (κ3) is 6.14. The highest BCUT2D eigenvalue weighted by molar-refractivity contribution is 5.42. The first-order valence-electron chi connectivity index (χ1n) is 11.3. The van der Waals surface area contributed by atoms with Crippen LogP contribution in [0.25, 0.3) is 0 Å². The van der Waals surface area contributed by atoms with Crippen molar-refractivity contribution in [3.63, 3.8) is 0 Å². The highest BCUT2D eigenvalue weighted by atomic mass is 16.5. The first kappa shape index (κ1) is 23.4. The summed E-state index contributed by atoms with van der Waals surface area (Å²) in [5.41, 5.74) is 2.50. The van der Waals surface area contributed by atoms with E-state index >= 15 is 0 Å². The van der Waals surface area contributed by atoms with Gasteiger partial charge in [0.1, 0.15) is 12.3 Å². The standard InChI is InChI=1S/C26H37NO4/c1-26(2)17-20(13-15-31-26)21(22-8-6-7-9-23(22)28-3)12-14-27-18-19-10-11-24(29-4)25(16-19)30-5/h6-11,16,20-21,27H,12-15,17-18H2,1-5H3/p+1/t20-,21+/m1/s1. The molecule has 5 heteroatoms. The molecule has 1 aliphatic heterocycles. The van der Waals surface area contributed by atoms with E-state index in [0.29, 0.717) is 11.8 Å². The van der Waals surface area contributed by atoms with Gasteiger partial charge in [-0.1, -0.05) is 18.2 Å². The van der Waals surface area contributed by atoms with Gasteiger partial charge in [0.15, 0.2) is 11.5 Å². The van der Waals surface area contributed by atoms with Gasteiger partial charge >= 0.3 is 0 Å². The number of nitrogens with two attached hydrogens (primary N) is 1. The average Bonchev–Trinajstić information content (AvgIpc) is 2.78. The Hall–Kier alpha value is -2.24. The molecule has 2 atom stereocenters. The van der Waals surface area contributed by atoms with Crippen molar-refractivity contribution < 1.29 is 24.3 Å². The number of methoxy groups -OCH3 is 3. The lowest BCUT2D eigenvalue weighted by Gasteiger charge is -2.39. The molecule has 1 aliphatic rings. The van der Waals surface area contributed by atoms with Gasteiger partial charge in [0.25, 0.3) is 0 Å². The van der Waals surface area contributed by atoms with E-state index in [9.17, 15) is 0 Å². The second-order valence-electron chi connectivity index (χ2n) is 8.97. The SMILES string of the molecule is COc1ccc(C[NH2+]CC[C@H](c2ccccc2OC)[C@@H]2CCOC(C)(C)C2)cc1OC. The molecule has 0 aliphatic carbocycles. The molecule has 0 bridgehead atoms. The minimum atomic E-state index is -0.0630. The van der Waals surface area contributed by atoms with Crippen LogP contribution < -0.4 is 19.5 Å². The van der Waals surface area contributed by atoms with Crippen LogP contribution in [0, 0.1) is 5.92 Å². The third-order valence-corrected chi connectivity index (χ3v) is 6.35. The Balaban J connectivity index is 1.68. The molecule has 0 unspecified atom stereocenters. The van der Waals surface area contributed by atoms with Crippen molar-refractivity contribution >= 4 is 0 Å². The van der Waals surface area contributed by atoms with Gasteiger partial charge < -0.3 is 24.3 Å². The van der Waals surface area contributed by atoms with Gasteiger partial charge in [-0.15, -0.1) is 0 Å². The Morgan fingerprint density at radius 3 is 2.45 bits per heavy atom. The predicted molar refractivity (Wildman–Crippen MR) is 123 cm³/mol. The molecule has 2 N–H and O–H groups in total. The molecule has 0 radical (unpaired) electrons. The Labute approximate surface area is 187 Å². The van der Waals surface area contributed by atoms with Gasteiger partial charge in [-0.2, -0.15) is 0 Å². The molecule has 2 aromatic rings. The molecular formula is C26H38NO4+. The van der Waals surface area contributed by atoms with E-state index in [-0.39, 0.29) is 5.60 Å². The van der Waals surface area contributed by atoms with Crippen LogP contribution in [0.2, 0.25) is 0 Å². The van der Waals surface area contributed by atoms with Crippen molar-refractivity contribution in [1.82, 2.24) is 0 Å². The highest BCUT2D eigenvalue weighted by Gasteiger charge is 2.35. The van der Waals surface area contributed by atoms with Gasteiger partial charge in [0.05, 0.1) is 33.5 Å². The fourth-order valence-corrected chi connectivity index (χ4v) is 4.81. The van der Waals surface area contributed by atoms with Crippen LogP contribution in [0.3, 0.4) is 0 Å². The average molecular weight is 429 g/mol. The largest absolute Gasteiger partial charge is 0.496 e. The molecule has 2 aromatic carbocycles.